The largest absolute Gasteiger partial charge is 0.496 e. The van der Waals surface area contributed by atoms with Crippen LogP contribution in [0.5, 0.6) is 5.75 Å². The minimum Gasteiger partial charge on any atom is -0.496 e. The van der Waals surface area contributed by atoms with Gasteiger partial charge in [0.05, 0.1) is 17.1 Å². The summed E-state index contributed by atoms with van der Waals surface area (Å²) in [4.78, 5) is 10.4. The molecule has 13 heavy (non-hydrogen) atoms. The zero-order valence-electron chi connectivity index (χ0n) is 6.30. The summed E-state index contributed by atoms with van der Waals surface area (Å²) in [5, 5.41) is 0. The van der Waals surface area contributed by atoms with Crippen LogP contribution in [0.25, 0.3) is 0 Å². The van der Waals surface area contributed by atoms with E-state index in [1.165, 1.54) is 13.2 Å². The number of benzene rings is 1. The number of rotatable bonds is 2. The van der Waals surface area contributed by atoms with Gasteiger partial charge in [-0.1, -0.05) is 7.43 Å². The number of hydrogen-bond donors (Lipinski definition) is 0. The van der Waals surface area contributed by atoms with E-state index in [0.717, 1.165) is 6.07 Å². The summed E-state index contributed by atoms with van der Waals surface area (Å²) in [5.74, 6) is -0.115. The third kappa shape index (κ3) is 2.52. The molecule has 0 amide bonds. The molecule has 4 heteroatoms. The number of halogens is 2. The Morgan fingerprint density at radius 3 is 2.62 bits per heavy atom. The Hall–Kier alpha value is -0.900. The van der Waals surface area contributed by atoms with Gasteiger partial charge in [-0.25, -0.2) is 4.39 Å². The fourth-order valence-corrected chi connectivity index (χ4v) is 1.14. The topological polar surface area (TPSA) is 26.3 Å². The van der Waals surface area contributed by atoms with Crippen LogP contribution in [-0.2, 0) is 0 Å². The van der Waals surface area contributed by atoms with Gasteiger partial charge >= 0.3 is 0 Å². The highest BCUT2D eigenvalue weighted by molar-refractivity contribution is 9.10. The maximum absolute atomic E-state index is 12.8. The quantitative estimate of drug-likeness (QED) is 0.753. The van der Waals surface area contributed by atoms with E-state index in [1.54, 1.807) is 0 Å². The standard InChI is InChI=1S/C8H6BrFO2.CH4/c1-12-8-3-6(9)7(10)2-5(8)4-11;/h2-4H,1H3;1H4. The lowest BCUT2D eigenvalue weighted by atomic mass is 10.2. The molecule has 72 valence electrons. The fraction of sp³-hybridized carbons (Fsp3) is 0.222. The van der Waals surface area contributed by atoms with Crippen LogP contribution in [0.15, 0.2) is 16.6 Å². The van der Waals surface area contributed by atoms with Crippen molar-refractivity contribution < 1.29 is 13.9 Å². The second-order valence-electron chi connectivity index (χ2n) is 2.13. The molecule has 0 radical (unpaired) electrons. The number of carbonyl (C=O) groups is 1. The molecule has 2 nitrogen and oxygen atoms in total. The van der Waals surface area contributed by atoms with E-state index in [4.69, 9.17) is 4.74 Å². The van der Waals surface area contributed by atoms with Crippen molar-refractivity contribution in [3.8, 4) is 5.75 Å². The molecule has 0 bridgehead atoms. The molecule has 0 heterocycles. The molecule has 0 aromatic heterocycles. The number of ether oxygens (including phenoxy) is 1. The van der Waals surface area contributed by atoms with E-state index in [2.05, 4.69) is 15.9 Å². The predicted octanol–water partition coefficient (Wildman–Crippen LogP) is 3.05. The van der Waals surface area contributed by atoms with E-state index < -0.39 is 5.82 Å². The Bertz CT molecular complexity index is 313. The average Bonchev–Trinajstić information content (AvgIpc) is 2.09. The number of hydrogen-bond acceptors (Lipinski definition) is 2. The summed E-state index contributed by atoms with van der Waals surface area (Å²) >= 11 is 2.98. The molecule has 0 atom stereocenters. The molecule has 0 aliphatic rings. The lowest BCUT2D eigenvalue weighted by Crippen LogP contribution is -1.92. The highest BCUT2D eigenvalue weighted by Crippen LogP contribution is 2.25. The van der Waals surface area contributed by atoms with Crippen molar-refractivity contribution in [1.82, 2.24) is 0 Å². The van der Waals surface area contributed by atoms with E-state index in [9.17, 15) is 9.18 Å². The Balaban J connectivity index is 0.00000144. The summed E-state index contributed by atoms with van der Waals surface area (Å²) in [6, 6.07) is 2.54. The van der Waals surface area contributed by atoms with Crippen LogP contribution in [0.2, 0.25) is 0 Å². The van der Waals surface area contributed by atoms with Crippen molar-refractivity contribution in [1.29, 1.82) is 0 Å². The van der Waals surface area contributed by atoms with Gasteiger partial charge in [0, 0.05) is 0 Å². The highest BCUT2D eigenvalue weighted by atomic mass is 79.9. The maximum atomic E-state index is 12.8. The molecule has 0 fully saturated rings. The predicted molar refractivity (Wildman–Crippen MR) is 52.8 cm³/mol. The Labute approximate surface area is 84.8 Å². The monoisotopic (exact) mass is 248 g/mol. The normalized spacial score (nSPS) is 8.85. The van der Waals surface area contributed by atoms with Crippen LogP contribution in [0.3, 0.4) is 0 Å². The van der Waals surface area contributed by atoms with Gasteiger partial charge in [0.25, 0.3) is 0 Å². The van der Waals surface area contributed by atoms with E-state index in [1.807, 2.05) is 0 Å². The van der Waals surface area contributed by atoms with Crippen LogP contribution in [0.4, 0.5) is 4.39 Å². The van der Waals surface area contributed by atoms with Gasteiger partial charge in [-0.15, -0.1) is 0 Å². The van der Waals surface area contributed by atoms with Gasteiger partial charge in [0.2, 0.25) is 0 Å². The molecule has 0 aliphatic carbocycles. The van der Waals surface area contributed by atoms with Crippen molar-refractivity contribution >= 4 is 22.2 Å². The molecular weight excluding hydrogens is 239 g/mol. The first-order chi connectivity index (χ1) is 5.69. The second kappa shape index (κ2) is 4.97. The van der Waals surface area contributed by atoms with Gasteiger partial charge in [0.1, 0.15) is 11.6 Å². The Morgan fingerprint density at radius 2 is 2.15 bits per heavy atom. The van der Waals surface area contributed by atoms with E-state index >= 15 is 0 Å². The summed E-state index contributed by atoms with van der Waals surface area (Å²) in [6.45, 7) is 0. The highest BCUT2D eigenvalue weighted by Gasteiger charge is 2.07. The molecule has 0 aliphatic heterocycles. The fourth-order valence-electron chi connectivity index (χ4n) is 0.813. The smallest absolute Gasteiger partial charge is 0.153 e. The lowest BCUT2D eigenvalue weighted by molar-refractivity contribution is 0.112. The minimum absolute atomic E-state index is 0. The zero-order valence-corrected chi connectivity index (χ0v) is 7.89. The van der Waals surface area contributed by atoms with Crippen LogP contribution in [-0.4, -0.2) is 13.4 Å². The SMILES string of the molecule is C.COc1cc(Br)c(F)cc1C=O. The average molecular weight is 249 g/mol. The molecule has 0 spiro atoms. The zero-order chi connectivity index (χ0) is 9.14. The van der Waals surface area contributed by atoms with Crippen LogP contribution < -0.4 is 4.74 Å². The van der Waals surface area contributed by atoms with Gasteiger partial charge in [-0.3, -0.25) is 4.79 Å². The second-order valence-corrected chi connectivity index (χ2v) is 2.98. The third-order valence-corrected chi connectivity index (χ3v) is 2.01. The van der Waals surface area contributed by atoms with Crippen molar-refractivity contribution in [2.24, 2.45) is 0 Å². The van der Waals surface area contributed by atoms with Crippen molar-refractivity contribution in [3.05, 3.63) is 28.0 Å². The summed E-state index contributed by atoms with van der Waals surface area (Å²) in [6.07, 6.45) is 0.550. The molecule has 0 saturated carbocycles. The molecule has 1 aromatic rings. The van der Waals surface area contributed by atoms with E-state index in [0.29, 0.717) is 12.0 Å². The summed E-state index contributed by atoms with van der Waals surface area (Å²) in [5.41, 5.74) is 0.207. The Kier molecular flexibility index (Phi) is 4.62. The molecule has 1 aromatic carbocycles. The molecular formula is C9H10BrFO2. The number of methoxy groups -OCH3 is 1. The van der Waals surface area contributed by atoms with Crippen LogP contribution >= 0.6 is 15.9 Å². The van der Waals surface area contributed by atoms with Crippen LogP contribution in [0.1, 0.15) is 17.8 Å². The maximum Gasteiger partial charge on any atom is 0.153 e. The first kappa shape index (κ1) is 12.1. The van der Waals surface area contributed by atoms with Crippen molar-refractivity contribution in [2.45, 2.75) is 7.43 Å². The minimum atomic E-state index is -0.474. The molecule has 1 rings (SSSR count). The van der Waals surface area contributed by atoms with Gasteiger partial charge in [0.15, 0.2) is 6.29 Å². The van der Waals surface area contributed by atoms with Crippen molar-refractivity contribution in [3.63, 3.8) is 0 Å². The molecule has 0 unspecified atom stereocenters. The lowest BCUT2D eigenvalue weighted by Gasteiger charge is -2.03. The number of carbonyl (C=O) groups excluding carboxylic acids is 1. The first-order valence-electron chi connectivity index (χ1n) is 3.17. The summed E-state index contributed by atoms with van der Waals surface area (Å²) < 4.78 is 17.9. The third-order valence-electron chi connectivity index (χ3n) is 1.40. The van der Waals surface area contributed by atoms with Crippen LogP contribution in [0, 0.1) is 5.82 Å². The number of aldehydes is 1. The first-order valence-corrected chi connectivity index (χ1v) is 3.96. The molecule has 0 N–H and O–H groups in total. The van der Waals surface area contributed by atoms with Gasteiger partial charge in [-0.05, 0) is 28.1 Å². The Morgan fingerprint density at radius 1 is 1.54 bits per heavy atom. The van der Waals surface area contributed by atoms with E-state index in [-0.39, 0.29) is 17.5 Å². The molecule has 0 saturated heterocycles. The van der Waals surface area contributed by atoms with Gasteiger partial charge in [-0.2, -0.15) is 0 Å². The van der Waals surface area contributed by atoms with Crippen molar-refractivity contribution in [2.75, 3.05) is 7.11 Å². The van der Waals surface area contributed by atoms with Gasteiger partial charge < -0.3 is 4.74 Å². The summed E-state index contributed by atoms with van der Waals surface area (Å²) in [7, 11) is 1.42.